The van der Waals surface area contributed by atoms with Crippen molar-refractivity contribution in [1.29, 1.82) is 0 Å². The van der Waals surface area contributed by atoms with Crippen LogP contribution in [0.3, 0.4) is 0 Å². The molecule has 7 nitrogen and oxygen atoms in total. The topological polar surface area (TPSA) is 91.6 Å². The van der Waals surface area contributed by atoms with Gasteiger partial charge in [-0.15, -0.1) is 0 Å². The van der Waals surface area contributed by atoms with Crippen LogP contribution in [-0.2, 0) is 6.54 Å². The molecule has 1 aliphatic carbocycles. The van der Waals surface area contributed by atoms with Crippen molar-refractivity contribution in [3.8, 4) is 0 Å². The molecule has 1 aromatic carbocycles. The number of rotatable bonds is 5. The number of nitrogens with zero attached hydrogens (tertiary/aromatic N) is 3. The molecule has 3 N–H and O–H groups in total. The minimum Gasteiger partial charge on any atom is -0.395 e. The number of carbonyl (C=O) groups excluding carboxylic acids is 2. The van der Waals surface area contributed by atoms with E-state index in [1.54, 1.807) is 0 Å². The molecule has 0 unspecified atom stereocenters. The highest BCUT2D eigenvalue weighted by Gasteiger charge is 2.30. The van der Waals surface area contributed by atoms with E-state index in [1.165, 1.54) is 37.7 Å². The maximum Gasteiger partial charge on any atom is 0.273 e. The Kier molecular flexibility index (Phi) is 6.87. The summed E-state index contributed by atoms with van der Waals surface area (Å²) in [5.41, 5.74) is 8.67. The number of aromatic nitrogens is 1. The smallest absolute Gasteiger partial charge is 0.273 e. The van der Waals surface area contributed by atoms with Gasteiger partial charge in [0.05, 0.1) is 5.69 Å². The Bertz CT molecular complexity index is 913. The van der Waals surface area contributed by atoms with Gasteiger partial charge in [-0.3, -0.25) is 14.5 Å². The van der Waals surface area contributed by atoms with Crippen molar-refractivity contribution >= 4 is 29.0 Å². The summed E-state index contributed by atoms with van der Waals surface area (Å²) in [5.74, 6) is -0.466. The molecule has 0 spiro atoms. The van der Waals surface area contributed by atoms with Crippen LogP contribution in [0.5, 0.6) is 0 Å². The molecular formula is C23H31N5O2S. The number of hydrogen-bond donors (Lipinski definition) is 2. The largest absolute Gasteiger partial charge is 0.395 e. The zero-order chi connectivity index (χ0) is 21.8. The fourth-order valence-corrected chi connectivity index (χ4v) is 5.23. The predicted octanol–water partition coefficient (Wildman–Crippen LogP) is 3.05. The second kappa shape index (κ2) is 9.78. The quantitative estimate of drug-likeness (QED) is 0.744. The third-order valence-electron chi connectivity index (χ3n) is 6.40. The van der Waals surface area contributed by atoms with Gasteiger partial charge in [0, 0.05) is 38.8 Å². The predicted molar refractivity (Wildman–Crippen MR) is 123 cm³/mol. The fourth-order valence-electron chi connectivity index (χ4n) is 4.47. The number of nitrogens with two attached hydrogens (primary N) is 1. The summed E-state index contributed by atoms with van der Waals surface area (Å²) in [4.78, 5) is 30.3. The van der Waals surface area contributed by atoms with Crippen molar-refractivity contribution in [2.24, 2.45) is 0 Å². The first-order valence-electron chi connectivity index (χ1n) is 11.1. The van der Waals surface area contributed by atoms with Gasteiger partial charge in [-0.25, -0.2) is 0 Å². The van der Waals surface area contributed by atoms with Crippen LogP contribution < -0.4 is 11.1 Å². The van der Waals surface area contributed by atoms with Crippen molar-refractivity contribution in [3.05, 3.63) is 46.0 Å². The second-order valence-electron chi connectivity index (χ2n) is 8.56. The molecule has 1 saturated carbocycles. The lowest BCUT2D eigenvalue weighted by Crippen LogP contribution is -2.52. The summed E-state index contributed by atoms with van der Waals surface area (Å²) in [5, 5.41) is 2.84. The average molecular weight is 442 g/mol. The van der Waals surface area contributed by atoms with Crippen LogP contribution in [0.4, 0.5) is 5.69 Å². The third kappa shape index (κ3) is 5.07. The molecule has 2 fully saturated rings. The van der Waals surface area contributed by atoms with Gasteiger partial charge in [-0.2, -0.15) is 4.37 Å². The molecule has 2 amide bonds. The Labute approximate surface area is 187 Å². The number of amides is 2. The van der Waals surface area contributed by atoms with Gasteiger partial charge in [-0.1, -0.05) is 49.1 Å². The van der Waals surface area contributed by atoms with Crippen molar-refractivity contribution in [2.75, 3.05) is 31.9 Å². The molecule has 166 valence electrons. The lowest BCUT2D eigenvalue weighted by atomic mass is 9.94. The Morgan fingerprint density at radius 1 is 1.10 bits per heavy atom. The maximum absolute atomic E-state index is 13.0. The number of carbonyl (C=O) groups is 2. The van der Waals surface area contributed by atoms with Crippen LogP contribution >= 0.6 is 11.5 Å². The van der Waals surface area contributed by atoms with Gasteiger partial charge in [0.25, 0.3) is 11.8 Å². The highest BCUT2D eigenvalue weighted by molar-refractivity contribution is 7.09. The first-order chi connectivity index (χ1) is 15.0. The lowest BCUT2D eigenvalue weighted by Gasteiger charge is -2.40. The number of benzene rings is 1. The number of piperazine rings is 1. The Morgan fingerprint density at radius 3 is 2.45 bits per heavy atom. The highest BCUT2D eigenvalue weighted by Crippen LogP contribution is 2.26. The molecule has 2 aliphatic rings. The number of aryl methyl sites for hydroxylation is 1. The molecule has 8 heteroatoms. The molecular weight excluding hydrogens is 410 g/mol. The fraction of sp³-hybridized carbons (Fsp3) is 0.522. The molecule has 0 atom stereocenters. The van der Waals surface area contributed by atoms with E-state index in [-0.39, 0.29) is 23.2 Å². The first-order valence-corrected chi connectivity index (χ1v) is 11.9. The number of hydrogen-bond acceptors (Lipinski definition) is 6. The van der Waals surface area contributed by atoms with Crippen molar-refractivity contribution < 1.29 is 9.59 Å². The molecule has 0 radical (unpaired) electrons. The second-order valence-corrected chi connectivity index (χ2v) is 9.34. The van der Waals surface area contributed by atoms with Crippen molar-refractivity contribution in [2.45, 2.75) is 51.6 Å². The molecule has 2 aromatic rings. The summed E-state index contributed by atoms with van der Waals surface area (Å²) >= 11 is 1.02. The van der Waals surface area contributed by atoms with E-state index < -0.39 is 0 Å². The van der Waals surface area contributed by atoms with E-state index >= 15 is 0 Å². The van der Waals surface area contributed by atoms with E-state index in [0.29, 0.717) is 30.6 Å². The molecule has 2 heterocycles. The van der Waals surface area contributed by atoms with E-state index in [2.05, 4.69) is 14.6 Å². The van der Waals surface area contributed by atoms with Crippen LogP contribution in [0.2, 0.25) is 0 Å². The third-order valence-corrected chi connectivity index (χ3v) is 7.25. The van der Waals surface area contributed by atoms with Gasteiger partial charge in [-0.05, 0) is 36.9 Å². The van der Waals surface area contributed by atoms with Crippen LogP contribution in [0.1, 0.15) is 63.4 Å². The molecule has 1 aromatic heterocycles. The van der Waals surface area contributed by atoms with Gasteiger partial charge in [0.15, 0.2) is 5.69 Å². The van der Waals surface area contributed by atoms with Gasteiger partial charge < -0.3 is 16.0 Å². The Hall–Kier alpha value is -2.45. The van der Waals surface area contributed by atoms with Crippen LogP contribution in [0.15, 0.2) is 24.3 Å². The summed E-state index contributed by atoms with van der Waals surface area (Å²) < 4.78 is 4.19. The number of nitrogen functional groups attached to an aromatic ring is 1. The summed E-state index contributed by atoms with van der Waals surface area (Å²) in [6.07, 6.45) is 6.53. The van der Waals surface area contributed by atoms with Crippen LogP contribution in [0, 0.1) is 6.92 Å². The molecule has 4 rings (SSSR count). The van der Waals surface area contributed by atoms with Crippen LogP contribution in [0.25, 0.3) is 0 Å². The van der Waals surface area contributed by atoms with E-state index in [0.717, 1.165) is 30.2 Å². The highest BCUT2D eigenvalue weighted by atomic mass is 32.1. The number of anilines is 1. The molecule has 0 bridgehead atoms. The van der Waals surface area contributed by atoms with E-state index in [9.17, 15) is 9.59 Å². The SMILES string of the molecule is Cc1ccc(CNC(=O)c2nsc(C(=O)N3CCN(C4CCCCC4)CC3)c2N)cc1. The lowest BCUT2D eigenvalue weighted by molar-refractivity contribution is 0.0528. The molecule has 1 aliphatic heterocycles. The van der Waals surface area contributed by atoms with E-state index in [1.807, 2.05) is 36.1 Å². The summed E-state index contributed by atoms with van der Waals surface area (Å²) in [7, 11) is 0. The van der Waals surface area contributed by atoms with Crippen LogP contribution in [-0.4, -0.2) is 58.2 Å². The summed E-state index contributed by atoms with van der Waals surface area (Å²) in [6, 6.07) is 8.62. The first kappa shape index (κ1) is 21.8. The standard InChI is InChI=1S/C23H31N5O2S/c1-16-7-9-17(10-8-16)15-25-22(29)20-19(24)21(31-26-20)23(30)28-13-11-27(12-14-28)18-5-3-2-4-6-18/h7-10,18H,2-6,11-15,24H2,1H3,(H,25,29). The van der Waals surface area contributed by atoms with E-state index in [4.69, 9.17) is 5.73 Å². The minimum absolute atomic E-state index is 0.115. The Balaban J connectivity index is 1.33. The molecule has 1 saturated heterocycles. The normalized spacial score (nSPS) is 18.2. The number of nitrogens with one attached hydrogen (secondary N) is 1. The van der Waals surface area contributed by atoms with Crippen molar-refractivity contribution in [1.82, 2.24) is 19.5 Å². The van der Waals surface area contributed by atoms with Crippen molar-refractivity contribution in [3.63, 3.8) is 0 Å². The average Bonchev–Trinajstić information content (AvgIpc) is 3.20. The molecule has 31 heavy (non-hydrogen) atoms. The maximum atomic E-state index is 13.0. The van der Waals surface area contributed by atoms with Gasteiger partial charge in [0.1, 0.15) is 4.88 Å². The monoisotopic (exact) mass is 441 g/mol. The zero-order valence-electron chi connectivity index (χ0n) is 18.1. The van der Waals surface area contributed by atoms with Gasteiger partial charge >= 0.3 is 0 Å². The summed E-state index contributed by atoms with van der Waals surface area (Å²) in [6.45, 7) is 5.61. The van der Waals surface area contributed by atoms with Gasteiger partial charge in [0.2, 0.25) is 0 Å². The minimum atomic E-state index is -0.351. The zero-order valence-corrected chi connectivity index (χ0v) is 18.9. The Morgan fingerprint density at radius 2 is 1.77 bits per heavy atom.